The fourth-order valence-electron chi connectivity index (χ4n) is 3.25. The molecule has 1 aliphatic rings. The van der Waals surface area contributed by atoms with Gasteiger partial charge in [-0.1, -0.05) is 30.3 Å². The topological polar surface area (TPSA) is 49.0 Å². The van der Waals surface area contributed by atoms with Crippen LogP contribution < -0.4 is 0 Å². The zero-order chi connectivity index (χ0) is 15.2. The fourth-order valence-corrected chi connectivity index (χ4v) is 3.25. The summed E-state index contributed by atoms with van der Waals surface area (Å²) in [7, 11) is 0. The van der Waals surface area contributed by atoms with Crippen LogP contribution in [0.1, 0.15) is 36.9 Å². The largest absolute Gasteiger partial charge is 0.339 e. The molecule has 0 aliphatic carbocycles. The van der Waals surface area contributed by atoms with E-state index in [1.165, 1.54) is 12.0 Å². The predicted molar refractivity (Wildman–Crippen MR) is 86.4 cm³/mol. The van der Waals surface area contributed by atoms with E-state index in [0.717, 1.165) is 37.9 Å². The van der Waals surface area contributed by atoms with Crippen molar-refractivity contribution in [1.82, 2.24) is 15.1 Å². The number of hydrogen-bond donors (Lipinski definition) is 1. The molecule has 0 unspecified atom stereocenters. The molecule has 1 N–H and O–H groups in total. The monoisotopic (exact) mass is 297 g/mol. The summed E-state index contributed by atoms with van der Waals surface area (Å²) < 4.78 is 0. The van der Waals surface area contributed by atoms with Gasteiger partial charge in [-0.25, -0.2) is 0 Å². The molecule has 22 heavy (non-hydrogen) atoms. The Morgan fingerprint density at radius 1 is 1.23 bits per heavy atom. The number of amides is 1. The molecule has 1 fully saturated rings. The molecular formula is C18H23N3O. The van der Waals surface area contributed by atoms with Gasteiger partial charge in [0.2, 0.25) is 5.91 Å². The molecule has 1 amide bonds. The minimum atomic E-state index is 0.224. The van der Waals surface area contributed by atoms with Gasteiger partial charge >= 0.3 is 0 Å². The molecule has 4 nitrogen and oxygen atoms in total. The van der Waals surface area contributed by atoms with Crippen molar-refractivity contribution in [2.75, 3.05) is 6.54 Å². The number of piperidine rings is 1. The summed E-state index contributed by atoms with van der Waals surface area (Å²) in [5, 5.41) is 6.80. The molecule has 3 rings (SSSR count). The summed E-state index contributed by atoms with van der Waals surface area (Å²) >= 11 is 0. The first-order valence-electron chi connectivity index (χ1n) is 8.14. The summed E-state index contributed by atoms with van der Waals surface area (Å²) in [5.41, 5.74) is 2.26. The molecule has 4 heteroatoms. The number of hydrogen-bond acceptors (Lipinski definition) is 2. The summed E-state index contributed by atoms with van der Waals surface area (Å²) in [6, 6.07) is 12.8. The molecule has 2 heterocycles. The van der Waals surface area contributed by atoms with Gasteiger partial charge in [-0.2, -0.15) is 5.10 Å². The number of carbonyl (C=O) groups excluding carboxylic acids is 1. The molecule has 0 bridgehead atoms. The number of likely N-dealkylation sites (tertiary alicyclic amines) is 1. The third kappa shape index (κ3) is 3.75. The highest BCUT2D eigenvalue weighted by Crippen LogP contribution is 2.22. The van der Waals surface area contributed by atoms with Crippen molar-refractivity contribution in [1.29, 1.82) is 0 Å². The Labute approximate surface area is 131 Å². The van der Waals surface area contributed by atoms with Gasteiger partial charge in [0.05, 0.1) is 6.42 Å². The van der Waals surface area contributed by atoms with Gasteiger partial charge in [0, 0.05) is 24.5 Å². The number of aryl methyl sites for hydroxylation is 1. The van der Waals surface area contributed by atoms with Crippen molar-refractivity contribution >= 4 is 5.91 Å². The Kier molecular flexibility index (Phi) is 4.88. The second-order valence-corrected chi connectivity index (χ2v) is 6.02. The molecule has 1 saturated heterocycles. The lowest BCUT2D eigenvalue weighted by Crippen LogP contribution is -2.44. The summed E-state index contributed by atoms with van der Waals surface area (Å²) in [6.07, 6.45) is 7.71. The van der Waals surface area contributed by atoms with E-state index in [2.05, 4.69) is 39.4 Å². The number of carbonyl (C=O) groups is 1. The number of aromatic amines is 1. The van der Waals surface area contributed by atoms with Crippen LogP contribution in [0.15, 0.2) is 42.6 Å². The van der Waals surface area contributed by atoms with Crippen LogP contribution in [0.2, 0.25) is 0 Å². The summed E-state index contributed by atoms with van der Waals surface area (Å²) in [6.45, 7) is 0.895. The number of benzene rings is 1. The van der Waals surface area contributed by atoms with E-state index in [1.54, 1.807) is 6.20 Å². The molecule has 0 radical (unpaired) electrons. The Hall–Kier alpha value is -2.10. The lowest BCUT2D eigenvalue weighted by atomic mass is 9.95. The number of H-pyrrole nitrogens is 1. The van der Waals surface area contributed by atoms with Crippen LogP contribution in [0, 0.1) is 0 Å². The van der Waals surface area contributed by atoms with Crippen molar-refractivity contribution in [3.63, 3.8) is 0 Å². The van der Waals surface area contributed by atoms with Crippen LogP contribution in [0.3, 0.4) is 0 Å². The Morgan fingerprint density at radius 2 is 2.09 bits per heavy atom. The van der Waals surface area contributed by atoms with Crippen LogP contribution in [0.25, 0.3) is 0 Å². The molecule has 116 valence electrons. The smallest absolute Gasteiger partial charge is 0.228 e. The molecule has 1 atom stereocenters. The minimum absolute atomic E-state index is 0.224. The SMILES string of the molecule is O=C(Cc1ccn[nH]1)N1CCCC[C@@H]1CCc1ccccc1. The summed E-state index contributed by atoms with van der Waals surface area (Å²) in [5.74, 6) is 0.224. The number of aromatic nitrogens is 2. The van der Waals surface area contributed by atoms with Crippen LogP contribution in [-0.4, -0.2) is 33.6 Å². The van der Waals surface area contributed by atoms with E-state index in [1.807, 2.05) is 12.1 Å². The molecule has 1 aliphatic heterocycles. The molecular weight excluding hydrogens is 274 g/mol. The highest BCUT2D eigenvalue weighted by Gasteiger charge is 2.26. The van der Waals surface area contributed by atoms with Crippen molar-refractivity contribution in [2.45, 2.75) is 44.6 Å². The van der Waals surface area contributed by atoms with Crippen LogP contribution in [-0.2, 0) is 17.6 Å². The number of rotatable bonds is 5. The maximum Gasteiger partial charge on any atom is 0.228 e. The van der Waals surface area contributed by atoms with Crippen LogP contribution in [0.5, 0.6) is 0 Å². The first kappa shape index (κ1) is 14.8. The second-order valence-electron chi connectivity index (χ2n) is 6.02. The van der Waals surface area contributed by atoms with Gasteiger partial charge in [0.15, 0.2) is 0 Å². The van der Waals surface area contributed by atoms with E-state index in [-0.39, 0.29) is 5.91 Å². The van der Waals surface area contributed by atoms with Gasteiger partial charge < -0.3 is 4.90 Å². The van der Waals surface area contributed by atoms with Gasteiger partial charge in [0.1, 0.15) is 0 Å². The van der Waals surface area contributed by atoms with E-state index >= 15 is 0 Å². The third-order valence-electron chi connectivity index (χ3n) is 4.46. The lowest BCUT2D eigenvalue weighted by Gasteiger charge is -2.36. The second kappa shape index (κ2) is 7.25. The Bertz CT molecular complexity index is 580. The molecule has 2 aromatic rings. The maximum atomic E-state index is 12.6. The van der Waals surface area contributed by atoms with Gasteiger partial charge in [0.25, 0.3) is 0 Å². The zero-order valence-corrected chi connectivity index (χ0v) is 12.9. The van der Waals surface area contributed by atoms with Gasteiger partial charge in [-0.3, -0.25) is 9.89 Å². The molecule has 1 aromatic carbocycles. The first-order chi connectivity index (χ1) is 10.8. The van der Waals surface area contributed by atoms with Gasteiger partial charge in [-0.15, -0.1) is 0 Å². The minimum Gasteiger partial charge on any atom is -0.339 e. The van der Waals surface area contributed by atoms with E-state index < -0.39 is 0 Å². The number of nitrogens with zero attached hydrogens (tertiary/aromatic N) is 2. The van der Waals surface area contributed by atoms with Crippen LogP contribution >= 0.6 is 0 Å². The van der Waals surface area contributed by atoms with Crippen molar-refractivity contribution in [3.8, 4) is 0 Å². The molecule has 1 aromatic heterocycles. The van der Waals surface area contributed by atoms with Crippen molar-refractivity contribution < 1.29 is 4.79 Å². The standard InChI is InChI=1S/C18H23N3O/c22-18(14-16-11-12-19-20-16)21-13-5-4-8-17(21)10-9-15-6-2-1-3-7-15/h1-3,6-7,11-12,17H,4-5,8-10,13-14H2,(H,19,20)/t17-/m1/s1. The molecule has 0 spiro atoms. The van der Waals surface area contributed by atoms with Crippen molar-refractivity contribution in [2.24, 2.45) is 0 Å². The predicted octanol–water partition coefficient (Wildman–Crippen LogP) is 2.97. The lowest BCUT2D eigenvalue weighted by molar-refractivity contribution is -0.134. The van der Waals surface area contributed by atoms with Gasteiger partial charge in [-0.05, 0) is 43.7 Å². The van der Waals surface area contributed by atoms with E-state index in [9.17, 15) is 4.79 Å². The Morgan fingerprint density at radius 3 is 2.86 bits per heavy atom. The highest BCUT2D eigenvalue weighted by atomic mass is 16.2. The average Bonchev–Trinajstić information content (AvgIpc) is 3.07. The van der Waals surface area contributed by atoms with Crippen molar-refractivity contribution in [3.05, 3.63) is 53.9 Å². The third-order valence-corrected chi connectivity index (χ3v) is 4.46. The quantitative estimate of drug-likeness (QED) is 0.922. The van der Waals surface area contributed by atoms with E-state index in [0.29, 0.717) is 12.5 Å². The van der Waals surface area contributed by atoms with E-state index in [4.69, 9.17) is 0 Å². The Balaban J connectivity index is 1.59. The first-order valence-corrected chi connectivity index (χ1v) is 8.14. The van der Waals surface area contributed by atoms with Crippen LogP contribution in [0.4, 0.5) is 0 Å². The number of nitrogens with one attached hydrogen (secondary N) is 1. The fraction of sp³-hybridized carbons (Fsp3) is 0.444. The highest BCUT2D eigenvalue weighted by molar-refractivity contribution is 5.78. The zero-order valence-electron chi connectivity index (χ0n) is 12.9. The normalized spacial score (nSPS) is 18.4. The average molecular weight is 297 g/mol. The molecule has 0 saturated carbocycles. The maximum absolute atomic E-state index is 12.6. The summed E-state index contributed by atoms with van der Waals surface area (Å²) in [4.78, 5) is 14.7.